The molecule has 0 bridgehead atoms. The predicted molar refractivity (Wildman–Crippen MR) is 66.8 cm³/mol. The molecule has 0 atom stereocenters. The fraction of sp³-hybridized carbons (Fsp3) is 0.545. The fourth-order valence-electron chi connectivity index (χ4n) is 1.62. The Morgan fingerprint density at radius 1 is 1.50 bits per heavy atom. The lowest BCUT2D eigenvalue weighted by Gasteiger charge is -2.23. The Bertz CT molecular complexity index is 556. The minimum absolute atomic E-state index is 0.138. The summed E-state index contributed by atoms with van der Waals surface area (Å²) in [7, 11) is 0. The third-order valence-corrected chi connectivity index (χ3v) is 2.78. The molecule has 0 aliphatic rings. The van der Waals surface area contributed by atoms with E-state index in [9.17, 15) is 14.4 Å². The number of hydrogen-bond acceptors (Lipinski definition) is 4. The molecule has 0 aliphatic heterocycles. The van der Waals surface area contributed by atoms with E-state index in [2.05, 4.69) is 10.4 Å². The number of amides is 1. The molecule has 1 aromatic heterocycles. The Hall–Kier alpha value is -1.89. The average molecular weight is 254 g/mol. The first kappa shape index (κ1) is 14.2. The number of carbonyl (C=O) groups is 1. The number of nitrogens with two attached hydrogens (primary N) is 1. The summed E-state index contributed by atoms with van der Waals surface area (Å²) in [6.45, 7) is 5.28. The van der Waals surface area contributed by atoms with E-state index >= 15 is 0 Å². The van der Waals surface area contributed by atoms with Crippen LogP contribution >= 0.6 is 0 Å². The van der Waals surface area contributed by atoms with Crippen LogP contribution in [0.15, 0.2) is 15.8 Å². The molecular weight excluding hydrogens is 236 g/mol. The first-order valence-electron chi connectivity index (χ1n) is 5.65. The second kappa shape index (κ2) is 5.18. The van der Waals surface area contributed by atoms with Crippen LogP contribution in [-0.4, -0.2) is 15.5 Å². The molecule has 0 radical (unpaired) electrons. The summed E-state index contributed by atoms with van der Waals surface area (Å²) in [6, 6.07) is 0. The molecule has 4 N–H and O–H groups in total. The van der Waals surface area contributed by atoms with Crippen molar-refractivity contribution in [3.05, 3.63) is 32.6 Å². The van der Waals surface area contributed by atoms with Gasteiger partial charge in [0.05, 0.1) is 5.41 Å². The normalized spacial score (nSPS) is 11.3. The van der Waals surface area contributed by atoms with Gasteiger partial charge in [0.1, 0.15) is 0 Å². The van der Waals surface area contributed by atoms with Gasteiger partial charge in [0.15, 0.2) is 0 Å². The van der Waals surface area contributed by atoms with Crippen LogP contribution in [-0.2, 0) is 17.8 Å². The molecule has 100 valence electrons. The molecule has 0 spiro atoms. The minimum Gasteiger partial charge on any atom is -0.299 e. The maximum Gasteiger partial charge on any atom is 0.328 e. The van der Waals surface area contributed by atoms with Gasteiger partial charge in [-0.2, -0.15) is 0 Å². The first-order chi connectivity index (χ1) is 8.31. The maximum absolute atomic E-state index is 11.6. The van der Waals surface area contributed by atoms with E-state index in [-0.39, 0.29) is 18.0 Å². The zero-order chi connectivity index (χ0) is 13.9. The summed E-state index contributed by atoms with van der Waals surface area (Å²) >= 11 is 0. The zero-order valence-electron chi connectivity index (χ0n) is 10.7. The average Bonchev–Trinajstić information content (AvgIpc) is 2.31. The van der Waals surface area contributed by atoms with Crippen molar-refractivity contribution in [2.45, 2.75) is 33.7 Å². The highest BCUT2D eigenvalue weighted by Crippen LogP contribution is 2.16. The van der Waals surface area contributed by atoms with Gasteiger partial charge in [-0.1, -0.05) is 6.92 Å². The van der Waals surface area contributed by atoms with Crippen molar-refractivity contribution in [2.24, 2.45) is 11.3 Å². The zero-order valence-corrected chi connectivity index (χ0v) is 10.7. The van der Waals surface area contributed by atoms with Crippen LogP contribution < -0.4 is 22.5 Å². The number of aryl methyl sites for hydroxylation is 1. The van der Waals surface area contributed by atoms with Gasteiger partial charge in [0.25, 0.3) is 5.56 Å². The molecule has 1 amide bonds. The SMILES string of the molecule is CCc1cn(CC(C)(C)C(=O)NN)c(=O)[nH]c1=O. The van der Waals surface area contributed by atoms with Crippen LogP contribution in [0, 0.1) is 5.41 Å². The van der Waals surface area contributed by atoms with Crippen molar-refractivity contribution in [3.8, 4) is 0 Å². The highest BCUT2D eigenvalue weighted by Gasteiger charge is 2.28. The van der Waals surface area contributed by atoms with Gasteiger partial charge in [0, 0.05) is 18.3 Å². The van der Waals surface area contributed by atoms with E-state index in [4.69, 9.17) is 5.84 Å². The molecule has 1 rings (SSSR count). The molecule has 0 aliphatic carbocycles. The summed E-state index contributed by atoms with van der Waals surface area (Å²) in [5.74, 6) is 4.71. The monoisotopic (exact) mass is 254 g/mol. The minimum atomic E-state index is -0.845. The van der Waals surface area contributed by atoms with Crippen LogP contribution in [0.4, 0.5) is 0 Å². The molecule has 1 heterocycles. The quantitative estimate of drug-likeness (QED) is 0.368. The summed E-state index contributed by atoms with van der Waals surface area (Å²) in [6.07, 6.45) is 1.99. The number of hydrazine groups is 1. The lowest BCUT2D eigenvalue weighted by atomic mass is 9.92. The van der Waals surface area contributed by atoms with Crippen LogP contribution in [0.25, 0.3) is 0 Å². The molecular formula is C11H18N4O3. The molecule has 0 saturated heterocycles. The second-order valence-corrected chi connectivity index (χ2v) is 4.75. The standard InChI is InChI=1S/C11H18N4O3/c1-4-7-5-15(10(18)13-8(7)16)6-11(2,3)9(17)14-12/h5H,4,6,12H2,1-3H3,(H,14,17)(H,13,16,18). The molecule has 0 saturated carbocycles. The van der Waals surface area contributed by atoms with Crippen LogP contribution in [0.2, 0.25) is 0 Å². The highest BCUT2D eigenvalue weighted by atomic mass is 16.2. The molecule has 7 heteroatoms. The number of aromatic nitrogens is 2. The van der Waals surface area contributed by atoms with Gasteiger partial charge in [-0.05, 0) is 20.3 Å². The maximum atomic E-state index is 11.6. The van der Waals surface area contributed by atoms with Crippen LogP contribution in [0.3, 0.4) is 0 Å². The van der Waals surface area contributed by atoms with Crippen molar-refractivity contribution in [1.82, 2.24) is 15.0 Å². The number of hydrogen-bond donors (Lipinski definition) is 3. The Morgan fingerprint density at radius 2 is 2.11 bits per heavy atom. The van der Waals surface area contributed by atoms with E-state index in [1.807, 2.05) is 6.92 Å². The van der Waals surface area contributed by atoms with Gasteiger partial charge in [-0.25, -0.2) is 10.6 Å². The summed E-state index contributed by atoms with van der Waals surface area (Å²) in [4.78, 5) is 36.8. The second-order valence-electron chi connectivity index (χ2n) is 4.75. The largest absolute Gasteiger partial charge is 0.328 e. The van der Waals surface area contributed by atoms with Crippen molar-refractivity contribution in [2.75, 3.05) is 0 Å². The Morgan fingerprint density at radius 3 is 2.61 bits per heavy atom. The molecule has 0 unspecified atom stereocenters. The smallest absolute Gasteiger partial charge is 0.299 e. The Labute approximate surface area is 104 Å². The number of nitrogens with zero attached hydrogens (tertiary/aromatic N) is 1. The molecule has 0 fully saturated rings. The third-order valence-electron chi connectivity index (χ3n) is 2.78. The summed E-state index contributed by atoms with van der Waals surface area (Å²) in [5.41, 5.74) is 0.791. The molecule has 18 heavy (non-hydrogen) atoms. The summed E-state index contributed by atoms with van der Waals surface area (Å²) in [5, 5.41) is 0. The Balaban J connectivity index is 3.16. The van der Waals surface area contributed by atoms with Gasteiger partial charge in [-0.15, -0.1) is 0 Å². The van der Waals surface area contributed by atoms with Crippen molar-refractivity contribution in [1.29, 1.82) is 0 Å². The number of aromatic amines is 1. The molecule has 1 aromatic rings. The van der Waals surface area contributed by atoms with E-state index < -0.39 is 11.1 Å². The predicted octanol–water partition coefficient (Wildman–Crippen LogP) is -0.885. The topological polar surface area (TPSA) is 110 Å². The highest BCUT2D eigenvalue weighted by molar-refractivity contribution is 5.81. The van der Waals surface area contributed by atoms with Crippen molar-refractivity contribution >= 4 is 5.91 Å². The van der Waals surface area contributed by atoms with Gasteiger partial charge in [-0.3, -0.25) is 24.6 Å². The lowest BCUT2D eigenvalue weighted by molar-refractivity contribution is -0.130. The van der Waals surface area contributed by atoms with Crippen LogP contribution in [0.5, 0.6) is 0 Å². The third kappa shape index (κ3) is 2.86. The van der Waals surface area contributed by atoms with E-state index in [0.717, 1.165) is 0 Å². The van der Waals surface area contributed by atoms with Gasteiger partial charge in [0.2, 0.25) is 5.91 Å². The van der Waals surface area contributed by atoms with Gasteiger partial charge < -0.3 is 0 Å². The number of nitrogens with one attached hydrogen (secondary N) is 2. The summed E-state index contributed by atoms with van der Waals surface area (Å²) < 4.78 is 1.31. The van der Waals surface area contributed by atoms with Gasteiger partial charge >= 0.3 is 5.69 Å². The number of rotatable bonds is 4. The molecule has 0 aromatic carbocycles. The van der Waals surface area contributed by atoms with Crippen molar-refractivity contribution < 1.29 is 4.79 Å². The van der Waals surface area contributed by atoms with E-state index in [0.29, 0.717) is 12.0 Å². The van der Waals surface area contributed by atoms with Crippen LogP contribution in [0.1, 0.15) is 26.3 Å². The van der Waals surface area contributed by atoms with Crippen molar-refractivity contribution in [3.63, 3.8) is 0 Å². The van der Waals surface area contributed by atoms with E-state index in [1.54, 1.807) is 13.8 Å². The lowest BCUT2D eigenvalue weighted by Crippen LogP contribution is -2.45. The molecule has 7 nitrogen and oxygen atoms in total. The first-order valence-corrected chi connectivity index (χ1v) is 5.65. The number of H-pyrrole nitrogens is 1. The van der Waals surface area contributed by atoms with E-state index in [1.165, 1.54) is 10.8 Å². The number of carbonyl (C=O) groups excluding carboxylic acids is 1. The Kier molecular flexibility index (Phi) is 4.07. The fourth-order valence-corrected chi connectivity index (χ4v) is 1.62.